The molecular weight excluding hydrogens is 339 g/mol. The van der Waals surface area contributed by atoms with Crippen molar-refractivity contribution in [2.45, 2.75) is 32.7 Å². The van der Waals surface area contributed by atoms with Crippen molar-refractivity contribution in [2.75, 3.05) is 38.2 Å². The number of benzene rings is 1. The molecule has 5 nitrogen and oxygen atoms in total. The predicted octanol–water partition coefficient (Wildman–Crippen LogP) is 3.31. The molecule has 25 heavy (non-hydrogen) atoms. The third kappa shape index (κ3) is 4.27. The second-order valence-electron chi connectivity index (χ2n) is 7.37. The summed E-state index contributed by atoms with van der Waals surface area (Å²) in [5.41, 5.74) is 1.01. The number of anilines is 1. The van der Waals surface area contributed by atoms with E-state index in [9.17, 15) is 4.39 Å². The first-order valence-corrected chi connectivity index (χ1v) is 9.32. The quantitative estimate of drug-likeness (QED) is 0.833. The Morgan fingerprint density at radius 3 is 2.44 bits per heavy atom. The van der Waals surface area contributed by atoms with Gasteiger partial charge in [0, 0.05) is 38.1 Å². The molecule has 0 aliphatic carbocycles. The van der Waals surface area contributed by atoms with Crippen molar-refractivity contribution < 1.29 is 9.13 Å². The van der Waals surface area contributed by atoms with Crippen LogP contribution < -0.4 is 9.64 Å². The van der Waals surface area contributed by atoms with E-state index in [1.807, 2.05) is 6.07 Å². The monoisotopic (exact) mass is 364 g/mol. The smallest absolute Gasteiger partial charge is 0.208 e. The molecule has 1 aromatic carbocycles. The highest BCUT2D eigenvalue weighted by Crippen LogP contribution is 2.30. The Labute approximate surface area is 152 Å². The van der Waals surface area contributed by atoms with Crippen molar-refractivity contribution in [3.05, 3.63) is 34.6 Å². The maximum atomic E-state index is 13.8. The molecule has 1 aliphatic heterocycles. The van der Waals surface area contributed by atoms with E-state index in [1.54, 1.807) is 23.5 Å². The summed E-state index contributed by atoms with van der Waals surface area (Å²) in [6.07, 6.45) is 0. The molecule has 1 fully saturated rings. The first-order valence-electron chi connectivity index (χ1n) is 8.50. The first-order chi connectivity index (χ1) is 11.9. The van der Waals surface area contributed by atoms with E-state index in [1.165, 1.54) is 7.11 Å². The van der Waals surface area contributed by atoms with E-state index in [0.29, 0.717) is 5.75 Å². The molecule has 0 atom stereocenters. The second-order valence-corrected chi connectivity index (χ2v) is 8.33. The number of methoxy groups -OCH3 is 1. The van der Waals surface area contributed by atoms with Gasteiger partial charge in [-0.3, -0.25) is 4.90 Å². The maximum Gasteiger partial charge on any atom is 0.208 e. The number of nitrogens with zero attached hydrogens (tertiary/aromatic N) is 4. The molecule has 0 amide bonds. The average molecular weight is 364 g/mol. The van der Waals surface area contributed by atoms with E-state index in [4.69, 9.17) is 4.74 Å². The molecule has 1 aromatic heterocycles. The van der Waals surface area contributed by atoms with Gasteiger partial charge in [0.05, 0.1) is 7.11 Å². The van der Waals surface area contributed by atoms with Gasteiger partial charge >= 0.3 is 0 Å². The molecule has 1 saturated heterocycles. The van der Waals surface area contributed by atoms with Crippen molar-refractivity contribution in [1.82, 2.24) is 15.1 Å². The summed E-state index contributed by atoms with van der Waals surface area (Å²) in [4.78, 5) is 4.63. The van der Waals surface area contributed by atoms with Crippen molar-refractivity contribution >= 4 is 16.5 Å². The van der Waals surface area contributed by atoms with E-state index in [2.05, 4.69) is 40.8 Å². The topological polar surface area (TPSA) is 41.5 Å². The molecule has 1 aliphatic rings. The van der Waals surface area contributed by atoms with Gasteiger partial charge in [-0.15, -0.1) is 10.2 Å². The number of aromatic nitrogens is 2. The third-order valence-electron chi connectivity index (χ3n) is 4.32. The zero-order valence-corrected chi connectivity index (χ0v) is 16.1. The minimum atomic E-state index is -0.304. The van der Waals surface area contributed by atoms with Crippen LogP contribution in [-0.4, -0.2) is 48.4 Å². The van der Waals surface area contributed by atoms with Gasteiger partial charge in [-0.2, -0.15) is 0 Å². The van der Waals surface area contributed by atoms with Crippen LogP contribution in [0.2, 0.25) is 0 Å². The van der Waals surface area contributed by atoms with Crippen LogP contribution in [0.3, 0.4) is 0 Å². The summed E-state index contributed by atoms with van der Waals surface area (Å²) in [6.45, 7) is 10.9. The number of hydrogen-bond donors (Lipinski definition) is 0. The molecular formula is C18H25FN4OS. The van der Waals surface area contributed by atoms with E-state index >= 15 is 0 Å². The maximum absolute atomic E-state index is 13.8. The normalized spacial score (nSPS) is 16.3. The Balaban J connectivity index is 1.57. The molecule has 0 radical (unpaired) electrons. The van der Waals surface area contributed by atoms with Crippen molar-refractivity contribution in [3.63, 3.8) is 0 Å². The SMILES string of the molecule is COc1ccc(CN2CCN(c3nnc(C(C)(C)C)s3)CC2)cc1F. The largest absolute Gasteiger partial charge is 0.494 e. The number of piperazine rings is 1. The van der Waals surface area contributed by atoms with Gasteiger partial charge in [0.1, 0.15) is 5.01 Å². The van der Waals surface area contributed by atoms with Gasteiger partial charge in [0.15, 0.2) is 11.6 Å². The fraction of sp³-hybridized carbons (Fsp3) is 0.556. The molecule has 0 spiro atoms. The number of ether oxygens (including phenoxy) is 1. The lowest BCUT2D eigenvalue weighted by atomic mass is 9.98. The summed E-state index contributed by atoms with van der Waals surface area (Å²) >= 11 is 1.68. The van der Waals surface area contributed by atoms with Crippen molar-refractivity contribution in [1.29, 1.82) is 0 Å². The van der Waals surface area contributed by atoms with E-state index in [-0.39, 0.29) is 11.2 Å². The summed E-state index contributed by atoms with van der Waals surface area (Å²) < 4.78 is 18.8. The lowest BCUT2D eigenvalue weighted by Gasteiger charge is -2.34. The third-order valence-corrected chi connectivity index (χ3v) is 5.73. The zero-order valence-electron chi connectivity index (χ0n) is 15.3. The van der Waals surface area contributed by atoms with Gasteiger partial charge in [-0.05, 0) is 17.7 Å². The van der Waals surface area contributed by atoms with Crippen molar-refractivity contribution in [3.8, 4) is 5.75 Å². The lowest BCUT2D eigenvalue weighted by Crippen LogP contribution is -2.45. The molecule has 0 bridgehead atoms. The minimum Gasteiger partial charge on any atom is -0.494 e. The second kappa shape index (κ2) is 7.25. The summed E-state index contributed by atoms with van der Waals surface area (Å²) in [7, 11) is 1.48. The van der Waals surface area contributed by atoms with Crippen LogP contribution in [0, 0.1) is 5.82 Å². The molecule has 2 aromatic rings. The number of halogens is 1. The fourth-order valence-corrected chi connectivity index (χ4v) is 3.76. The lowest BCUT2D eigenvalue weighted by molar-refractivity contribution is 0.249. The Morgan fingerprint density at radius 1 is 1.16 bits per heavy atom. The zero-order chi connectivity index (χ0) is 18.0. The molecule has 2 heterocycles. The summed E-state index contributed by atoms with van der Waals surface area (Å²) in [6, 6.07) is 5.18. The highest BCUT2D eigenvalue weighted by atomic mass is 32.1. The predicted molar refractivity (Wildman–Crippen MR) is 99.1 cm³/mol. The van der Waals surface area contributed by atoms with Gasteiger partial charge in [0.2, 0.25) is 5.13 Å². The summed E-state index contributed by atoms with van der Waals surface area (Å²) in [5.74, 6) is -0.0123. The van der Waals surface area contributed by atoms with Crippen LogP contribution in [0.4, 0.5) is 9.52 Å². The number of hydrogen-bond acceptors (Lipinski definition) is 6. The van der Waals surface area contributed by atoms with Crippen LogP contribution in [0.15, 0.2) is 18.2 Å². The fourth-order valence-electron chi connectivity index (χ4n) is 2.81. The molecule has 136 valence electrons. The molecule has 0 saturated carbocycles. The van der Waals surface area contributed by atoms with Gasteiger partial charge in [-0.1, -0.05) is 38.2 Å². The highest BCUT2D eigenvalue weighted by molar-refractivity contribution is 7.15. The number of rotatable bonds is 4. The van der Waals surface area contributed by atoms with Crippen LogP contribution in [0.25, 0.3) is 0 Å². The Kier molecular flexibility index (Phi) is 5.24. The standard InChI is InChI=1S/C18H25FN4OS/c1-18(2,3)16-20-21-17(25-16)23-9-7-22(8-10-23)12-13-5-6-15(24-4)14(19)11-13/h5-6,11H,7-10,12H2,1-4H3. The van der Waals surface area contributed by atoms with Crippen molar-refractivity contribution in [2.24, 2.45) is 0 Å². The van der Waals surface area contributed by atoms with Crippen LogP contribution in [0.1, 0.15) is 31.3 Å². The first kappa shape index (κ1) is 18.1. The van der Waals surface area contributed by atoms with E-state index in [0.717, 1.165) is 48.4 Å². The Morgan fingerprint density at radius 2 is 1.88 bits per heavy atom. The summed E-state index contributed by atoms with van der Waals surface area (Å²) in [5, 5.41) is 10.8. The minimum absolute atomic E-state index is 0.0379. The van der Waals surface area contributed by atoms with E-state index < -0.39 is 0 Å². The molecule has 7 heteroatoms. The van der Waals surface area contributed by atoms with Gasteiger partial charge < -0.3 is 9.64 Å². The molecule has 3 rings (SSSR count). The molecule has 0 N–H and O–H groups in total. The van der Waals surface area contributed by atoms with Gasteiger partial charge in [-0.25, -0.2) is 4.39 Å². The Hall–Kier alpha value is -1.73. The van der Waals surface area contributed by atoms with Crippen LogP contribution in [-0.2, 0) is 12.0 Å². The highest BCUT2D eigenvalue weighted by Gasteiger charge is 2.24. The molecule has 0 unspecified atom stereocenters. The van der Waals surface area contributed by atoms with Crippen LogP contribution in [0.5, 0.6) is 5.75 Å². The van der Waals surface area contributed by atoms with Gasteiger partial charge in [0.25, 0.3) is 0 Å². The Bertz CT molecular complexity index is 720. The average Bonchev–Trinajstić information content (AvgIpc) is 3.06. The van der Waals surface area contributed by atoms with Crippen LogP contribution >= 0.6 is 11.3 Å².